The van der Waals surface area contributed by atoms with Gasteiger partial charge in [0.1, 0.15) is 0 Å². The molecule has 0 aliphatic heterocycles. The van der Waals surface area contributed by atoms with Crippen molar-refractivity contribution in [3.05, 3.63) is 16.1 Å². The lowest BCUT2D eigenvalue weighted by Crippen LogP contribution is -2.44. The normalized spacial score (nSPS) is 41.6. The van der Waals surface area contributed by atoms with Crippen LogP contribution >= 0.6 is 11.5 Å². The van der Waals surface area contributed by atoms with E-state index in [1.54, 1.807) is 11.5 Å². The van der Waals surface area contributed by atoms with E-state index in [2.05, 4.69) is 6.92 Å². The third-order valence-corrected chi connectivity index (χ3v) is 6.57. The minimum atomic E-state index is 0.681. The van der Waals surface area contributed by atoms with Crippen molar-refractivity contribution in [3.63, 3.8) is 0 Å². The maximum absolute atomic E-state index is 5.96. The van der Waals surface area contributed by atoms with E-state index < -0.39 is 0 Å². The number of nitrogens with zero attached hydrogens (tertiary/aromatic N) is 1. The van der Waals surface area contributed by atoms with Gasteiger partial charge in [0, 0.05) is 22.9 Å². The zero-order chi connectivity index (χ0) is 12.3. The van der Waals surface area contributed by atoms with Gasteiger partial charge in [-0.3, -0.25) is 0 Å². The lowest BCUT2D eigenvalue weighted by Gasteiger charge is -2.54. The summed E-state index contributed by atoms with van der Waals surface area (Å²) in [6.07, 6.45) is 7.41. The van der Waals surface area contributed by atoms with Gasteiger partial charge in [-0.2, -0.15) is 4.37 Å². The molecule has 0 radical (unpaired) electrons. The summed E-state index contributed by atoms with van der Waals surface area (Å²) in [5.41, 5.74) is 8.73. The fourth-order valence-electron chi connectivity index (χ4n) is 5.29. The molecule has 4 aliphatic rings. The van der Waals surface area contributed by atoms with Gasteiger partial charge in [0.05, 0.1) is 5.69 Å². The van der Waals surface area contributed by atoms with Crippen LogP contribution in [0.5, 0.6) is 0 Å². The zero-order valence-electron chi connectivity index (χ0n) is 11.1. The minimum absolute atomic E-state index is 0.681. The summed E-state index contributed by atoms with van der Waals surface area (Å²) < 4.78 is 4.79. The Hall–Kier alpha value is -0.410. The SMILES string of the molecule is Cc1snc(C2C3CC4CC(C3)CC2C4)c1CN. The van der Waals surface area contributed by atoms with Crippen LogP contribution in [0.4, 0.5) is 0 Å². The second-order valence-corrected chi connectivity index (χ2v) is 7.74. The maximum atomic E-state index is 5.96. The zero-order valence-corrected chi connectivity index (χ0v) is 11.9. The molecule has 98 valence electrons. The van der Waals surface area contributed by atoms with Crippen molar-refractivity contribution in [3.8, 4) is 0 Å². The van der Waals surface area contributed by atoms with Crippen LogP contribution in [0.25, 0.3) is 0 Å². The Bertz CT molecular complexity index is 437. The van der Waals surface area contributed by atoms with Crippen molar-refractivity contribution in [2.45, 2.75) is 51.5 Å². The standard InChI is InChI=1S/C15H22N2S/c1-8-13(7-16)15(17-18-8)14-11-3-9-2-10(5-11)6-12(14)4-9/h9-12,14H,2-7,16H2,1H3. The average Bonchev–Trinajstić information content (AvgIpc) is 2.69. The fourth-order valence-corrected chi connectivity index (χ4v) is 6.06. The van der Waals surface area contributed by atoms with Crippen molar-refractivity contribution in [2.24, 2.45) is 29.4 Å². The van der Waals surface area contributed by atoms with E-state index in [1.807, 2.05) is 0 Å². The number of aryl methyl sites for hydroxylation is 1. The van der Waals surface area contributed by atoms with Crippen LogP contribution in [0.1, 0.15) is 54.2 Å². The summed E-state index contributed by atoms with van der Waals surface area (Å²) in [4.78, 5) is 1.35. The monoisotopic (exact) mass is 262 g/mol. The molecule has 18 heavy (non-hydrogen) atoms. The Balaban J connectivity index is 1.72. The van der Waals surface area contributed by atoms with Crippen LogP contribution < -0.4 is 5.73 Å². The summed E-state index contributed by atoms with van der Waals surface area (Å²) in [6, 6.07) is 0. The topological polar surface area (TPSA) is 38.9 Å². The van der Waals surface area contributed by atoms with Crippen LogP contribution in [0, 0.1) is 30.6 Å². The van der Waals surface area contributed by atoms with E-state index in [-0.39, 0.29) is 0 Å². The van der Waals surface area contributed by atoms with Gasteiger partial charge in [0.15, 0.2) is 0 Å². The Labute approximate surface area is 113 Å². The third-order valence-electron chi connectivity index (χ3n) is 5.76. The molecular weight excluding hydrogens is 240 g/mol. The van der Waals surface area contributed by atoms with Crippen LogP contribution in [0.3, 0.4) is 0 Å². The van der Waals surface area contributed by atoms with E-state index in [0.717, 1.165) is 29.6 Å². The van der Waals surface area contributed by atoms with Crippen LogP contribution in [0.2, 0.25) is 0 Å². The fraction of sp³-hybridized carbons (Fsp3) is 0.800. The molecular formula is C15H22N2S. The number of hydrogen-bond acceptors (Lipinski definition) is 3. The van der Waals surface area contributed by atoms with Crippen molar-refractivity contribution in [2.75, 3.05) is 0 Å². The molecule has 1 aromatic heterocycles. The van der Waals surface area contributed by atoms with Gasteiger partial charge >= 0.3 is 0 Å². The van der Waals surface area contributed by atoms with Gasteiger partial charge in [-0.25, -0.2) is 0 Å². The summed E-state index contributed by atoms with van der Waals surface area (Å²) >= 11 is 1.67. The first-order valence-corrected chi connectivity index (χ1v) is 8.18. The molecule has 0 unspecified atom stereocenters. The van der Waals surface area contributed by atoms with Crippen molar-refractivity contribution in [1.29, 1.82) is 0 Å². The Morgan fingerprint density at radius 2 is 1.72 bits per heavy atom. The minimum Gasteiger partial charge on any atom is -0.326 e. The number of hydrogen-bond donors (Lipinski definition) is 1. The first-order chi connectivity index (χ1) is 8.76. The highest BCUT2D eigenvalue weighted by atomic mass is 32.1. The molecule has 0 saturated heterocycles. The number of nitrogens with two attached hydrogens (primary N) is 1. The van der Waals surface area contributed by atoms with Gasteiger partial charge in [-0.1, -0.05) is 0 Å². The van der Waals surface area contributed by atoms with E-state index in [1.165, 1.54) is 48.2 Å². The van der Waals surface area contributed by atoms with Crippen LogP contribution in [-0.4, -0.2) is 4.37 Å². The highest BCUT2D eigenvalue weighted by molar-refractivity contribution is 7.05. The van der Waals surface area contributed by atoms with E-state index in [4.69, 9.17) is 10.1 Å². The molecule has 0 aromatic carbocycles. The molecule has 4 aliphatic carbocycles. The predicted octanol–water partition coefficient (Wildman–Crippen LogP) is 3.45. The van der Waals surface area contributed by atoms with Crippen molar-refractivity contribution in [1.82, 2.24) is 4.37 Å². The molecule has 3 heteroatoms. The molecule has 4 saturated carbocycles. The average molecular weight is 262 g/mol. The molecule has 0 atom stereocenters. The Kier molecular flexibility index (Phi) is 2.56. The molecule has 0 spiro atoms. The van der Waals surface area contributed by atoms with E-state index in [9.17, 15) is 0 Å². The molecule has 1 aromatic rings. The third kappa shape index (κ3) is 1.53. The van der Waals surface area contributed by atoms with E-state index in [0.29, 0.717) is 6.54 Å². The highest BCUT2D eigenvalue weighted by Gasteiger charge is 2.49. The molecule has 0 amide bonds. The summed E-state index contributed by atoms with van der Waals surface area (Å²) in [5, 5.41) is 0. The molecule has 1 heterocycles. The first kappa shape index (κ1) is 11.4. The summed E-state index contributed by atoms with van der Waals surface area (Å²) in [6.45, 7) is 2.86. The van der Waals surface area contributed by atoms with Crippen molar-refractivity contribution >= 4 is 11.5 Å². The van der Waals surface area contributed by atoms with Gasteiger partial charge in [0.25, 0.3) is 0 Å². The van der Waals surface area contributed by atoms with Gasteiger partial charge < -0.3 is 5.73 Å². The van der Waals surface area contributed by atoms with E-state index >= 15 is 0 Å². The smallest absolute Gasteiger partial charge is 0.0626 e. The second kappa shape index (κ2) is 4.04. The molecule has 4 bridgehead atoms. The second-order valence-electron chi connectivity index (χ2n) is 6.76. The Morgan fingerprint density at radius 1 is 1.11 bits per heavy atom. The predicted molar refractivity (Wildman–Crippen MR) is 74.5 cm³/mol. The number of rotatable bonds is 2. The maximum Gasteiger partial charge on any atom is 0.0626 e. The van der Waals surface area contributed by atoms with Gasteiger partial charge in [0.2, 0.25) is 0 Å². The molecule has 4 fully saturated rings. The quantitative estimate of drug-likeness (QED) is 0.886. The van der Waals surface area contributed by atoms with Crippen molar-refractivity contribution < 1.29 is 0 Å². The highest BCUT2D eigenvalue weighted by Crippen LogP contribution is 2.60. The Morgan fingerprint density at radius 3 is 2.28 bits per heavy atom. The molecule has 2 N–H and O–H groups in total. The summed E-state index contributed by atoms with van der Waals surface area (Å²) in [7, 11) is 0. The lowest BCUT2D eigenvalue weighted by molar-refractivity contribution is -0.00414. The largest absolute Gasteiger partial charge is 0.326 e. The first-order valence-electron chi connectivity index (χ1n) is 7.41. The molecule has 5 rings (SSSR count). The van der Waals surface area contributed by atoms with Crippen LogP contribution in [0.15, 0.2) is 0 Å². The van der Waals surface area contributed by atoms with Crippen LogP contribution in [-0.2, 0) is 6.54 Å². The molecule has 2 nitrogen and oxygen atoms in total. The number of aromatic nitrogens is 1. The lowest BCUT2D eigenvalue weighted by atomic mass is 9.51. The van der Waals surface area contributed by atoms with Gasteiger partial charge in [-0.15, -0.1) is 0 Å². The van der Waals surface area contributed by atoms with Gasteiger partial charge in [-0.05, 0) is 74.2 Å². The summed E-state index contributed by atoms with van der Waals surface area (Å²) in [5.74, 6) is 4.69.